The van der Waals surface area contributed by atoms with Crippen molar-refractivity contribution in [2.45, 2.75) is 46.0 Å². The summed E-state index contributed by atoms with van der Waals surface area (Å²) in [4.78, 5) is 0. The minimum absolute atomic E-state index is 0.252. The lowest BCUT2D eigenvalue weighted by molar-refractivity contribution is 0.590. The molecule has 1 nitrogen and oxygen atoms in total. The number of unbranched alkanes of at least 4 members (excludes halogenated alkanes) is 1. The monoisotopic (exact) mass is 205 g/mol. The Bertz CT molecular complexity index is 279. The molecule has 0 heterocycles. The van der Waals surface area contributed by atoms with Gasteiger partial charge in [0.25, 0.3) is 0 Å². The van der Waals surface area contributed by atoms with Gasteiger partial charge >= 0.3 is 0 Å². The molecule has 1 heteroatoms. The van der Waals surface area contributed by atoms with Crippen LogP contribution >= 0.6 is 0 Å². The van der Waals surface area contributed by atoms with Gasteiger partial charge in [-0.15, -0.1) is 0 Å². The lowest BCUT2D eigenvalue weighted by Gasteiger charge is -2.19. The van der Waals surface area contributed by atoms with Crippen LogP contribution in [0, 0.1) is 0 Å². The van der Waals surface area contributed by atoms with Crippen LogP contribution in [0.1, 0.15) is 46.1 Å². The van der Waals surface area contributed by atoms with Gasteiger partial charge in [-0.25, -0.2) is 0 Å². The van der Waals surface area contributed by atoms with Gasteiger partial charge in [0.2, 0.25) is 0 Å². The van der Waals surface area contributed by atoms with Crippen molar-refractivity contribution in [2.24, 2.45) is 0 Å². The van der Waals surface area contributed by atoms with Crippen LogP contribution in [-0.4, -0.2) is 6.54 Å². The van der Waals surface area contributed by atoms with Crippen molar-refractivity contribution < 1.29 is 0 Å². The van der Waals surface area contributed by atoms with Crippen molar-refractivity contribution >= 4 is 5.69 Å². The summed E-state index contributed by atoms with van der Waals surface area (Å²) >= 11 is 0. The number of rotatable bonds is 4. The van der Waals surface area contributed by atoms with Crippen molar-refractivity contribution in [3.63, 3.8) is 0 Å². The Morgan fingerprint density at radius 3 is 2.13 bits per heavy atom. The molecule has 0 fully saturated rings. The van der Waals surface area contributed by atoms with E-state index in [-0.39, 0.29) is 5.41 Å². The Hall–Kier alpha value is -0.980. The van der Waals surface area contributed by atoms with Gasteiger partial charge in [0.15, 0.2) is 0 Å². The summed E-state index contributed by atoms with van der Waals surface area (Å²) < 4.78 is 0. The second-order valence-corrected chi connectivity index (χ2v) is 5.11. The molecule has 1 aromatic carbocycles. The van der Waals surface area contributed by atoms with Gasteiger partial charge in [0.1, 0.15) is 0 Å². The summed E-state index contributed by atoms with van der Waals surface area (Å²) in [5, 5.41) is 3.42. The summed E-state index contributed by atoms with van der Waals surface area (Å²) in [5.74, 6) is 0. The Kier molecular flexibility index (Phi) is 4.19. The first-order valence-electron chi connectivity index (χ1n) is 5.88. The predicted octanol–water partition coefficient (Wildman–Crippen LogP) is 4.20. The molecule has 84 valence electrons. The van der Waals surface area contributed by atoms with Crippen LogP contribution in [0.3, 0.4) is 0 Å². The van der Waals surface area contributed by atoms with Gasteiger partial charge < -0.3 is 5.32 Å². The summed E-state index contributed by atoms with van der Waals surface area (Å²) in [6.45, 7) is 10.0. The van der Waals surface area contributed by atoms with Crippen molar-refractivity contribution in [1.29, 1.82) is 0 Å². The van der Waals surface area contributed by atoms with Crippen LogP contribution in [-0.2, 0) is 5.41 Å². The highest BCUT2D eigenvalue weighted by atomic mass is 14.9. The number of hydrogen-bond acceptors (Lipinski definition) is 1. The topological polar surface area (TPSA) is 12.0 Å². The van der Waals surface area contributed by atoms with Crippen LogP contribution in [0.4, 0.5) is 5.69 Å². The lowest BCUT2D eigenvalue weighted by Crippen LogP contribution is -2.10. The molecule has 0 unspecified atom stereocenters. The van der Waals surface area contributed by atoms with Crippen molar-refractivity contribution in [3.05, 3.63) is 29.8 Å². The van der Waals surface area contributed by atoms with Crippen molar-refractivity contribution in [1.82, 2.24) is 0 Å². The highest BCUT2D eigenvalue weighted by Crippen LogP contribution is 2.23. The standard InChI is InChI=1S/C14H23N/c1-5-6-11-15-13-9-7-12(8-10-13)14(2,3)4/h7-10,15H,5-6,11H2,1-4H3. The molecule has 0 radical (unpaired) electrons. The molecule has 0 bridgehead atoms. The smallest absolute Gasteiger partial charge is 0.0340 e. The van der Waals surface area contributed by atoms with E-state index in [0.29, 0.717) is 0 Å². The van der Waals surface area contributed by atoms with E-state index in [1.807, 2.05) is 0 Å². The molecule has 1 aromatic rings. The van der Waals surface area contributed by atoms with E-state index in [1.165, 1.54) is 24.1 Å². The minimum Gasteiger partial charge on any atom is -0.385 e. The molecule has 0 atom stereocenters. The van der Waals surface area contributed by atoms with Gasteiger partial charge in [0.05, 0.1) is 0 Å². The van der Waals surface area contributed by atoms with Crippen LogP contribution < -0.4 is 5.32 Å². The molecule has 0 spiro atoms. The van der Waals surface area contributed by atoms with Crippen molar-refractivity contribution in [2.75, 3.05) is 11.9 Å². The average Bonchev–Trinajstić information content (AvgIpc) is 2.18. The molecule has 0 aliphatic heterocycles. The molecule has 1 rings (SSSR count). The Morgan fingerprint density at radius 1 is 1.07 bits per heavy atom. The largest absolute Gasteiger partial charge is 0.385 e. The molecule has 0 aromatic heterocycles. The number of anilines is 1. The fourth-order valence-electron chi connectivity index (χ4n) is 1.50. The third-order valence-corrected chi connectivity index (χ3v) is 2.61. The third-order valence-electron chi connectivity index (χ3n) is 2.61. The first kappa shape index (κ1) is 12.1. The van der Waals surface area contributed by atoms with Gasteiger partial charge in [-0.3, -0.25) is 0 Å². The van der Waals surface area contributed by atoms with Gasteiger partial charge in [0, 0.05) is 12.2 Å². The molecule has 0 saturated heterocycles. The average molecular weight is 205 g/mol. The fraction of sp³-hybridized carbons (Fsp3) is 0.571. The predicted molar refractivity (Wildman–Crippen MR) is 68.5 cm³/mol. The molecular weight excluding hydrogens is 182 g/mol. The zero-order chi connectivity index (χ0) is 11.3. The van der Waals surface area contributed by atoms with E-state index in [4.69, 9.17) is 0 Å². The highest BCUT2D eigenvalue weighted by molar-refractivity contribution is 5.45. The summed E-state index contributed by atoms with van der Waals surface area (Å²) in [7, 11) is 0. The first-order chi connectivity index (χ1) is 7.04. The van der Waals surface area contributed by atoms with E-state index >= 15 is 0 Å². The van der Waals surface area contributed by atoms with E-state index in [9.17, 15) is 0 Å². The van der Waals surface area contributed by atoms with Gasteiger partial charge in [-0.05, 0) is 29.5 Å². The second-order valence-electron chi connectivity index (χ2n) is 5.11. The summed E-state index contributed by atoms with van der Waals surface area (Å²) in [6, 6.07) is 8.79. The maximum atomic E-state index is 3.42. The Balaban J connectivity index is 2.57. The van der Waals surface area contributed by atoms with Crippen LogP contribution in [0.5, 0.6) is 0 Å². The molecule has 0 aliphatic carbocycles. The molecule has 0 aliphatic rings. The number of benzene rings is 1. The van der Waals surface area contributed by atoms with E-state index < -0.39 is 0 Å². The normalized spacial score (nSPS) is 11.5. The zero-order valence-corrected chi connectivity index (χ0v) is 10.4. The number of hydrogen-bond donors (Lipinski definition) is 1. The maximum Gasteiger partial charge on any atom is 0.0340 e. The highest BCUT2D eigenvalue weighted by Gasteiger charge is 2.12. The van der Waals surface area contributed by atoms with Gasteiger partial charge in [-0.2, -0.15) is 0 Å². The molecule has 15 heavy (non-hydrogen) atoms. The lowest BCUT2D eigenvalue weighted by atomic mass is 9.87. The summed E-state index contributed by atoms with van der Waals surface area (Å²) in [6.07, 6.45) is 2.48. The first-order valence-corrected chi connectivity index (χ1v) is 5.88. The van der Waals surface area contributed by atoms with Gasteiger partial charge in [-0.1, -0.05) is 46.2 Å². The Morgan fingerprint density at radius 2 is 1.67 bits per heavy atom. The zero-order valence-electron chi connectivity index (χ0n) is 10.4. The minimum atomic E-state index is 0.252. The SMILES string of the molecule is CCCCNc1ccc(C(C)(C)C)cc1. The molecular formula is C14H23N. The number of nitrogens with one attached hydrogen (secondary N) is 1. The molecule has 1 N–H and O–H groups in total. The van der Waals surface area contributed by atoms with Crippen LogP contribution in [0.15, 0.2) is 24.3 Å². The van der Waals surface area contributed by atoms with Crippen LogP contribution in [0.25, 0.3) is 0 Å². The van der Waals surface area contributed by atoms with Crippen LogP contribution in [0.2, 0.25) is 0 Å². The van der Waals surface area contributed by atoms with E-state index in [2.05, 4.69) is 57.3 Å². The van der Waals surface area contributed by atoms with Crippen molar-refractivity contribution in [3.8, 4) is 0 Å². The Labute approximate surface area is 93.9 Å². The molecule has 0 amide bonds. The maximum absolute atomic E-state index is 3.42. The van der Waals surface area contributed by atoms with E-state index in [1.54, 1.807) is 0 Å². The fourth-order valence-corrected chi connectivity index (χ4v) is 1.50. The quantitative estimate of drug-likeness (QED) is 0.726. The third kappa shape index (κ3) is 3.94. The summed E-state index contributed by atoms with van der Waals surface area (Å²) in [5.41, 5.74) is 2.88. The van der Waals surface area contributed by atoms with E-state index in [0.717, 1.165) is 6.54 Å². The second kappa shape index (κ2) is 5.20. The molecule has 0 saturated carbocycles.